The zero-order valence-electron chi connectivity index (χ0n) is 20.5. The van der Waals surface area contributed by atoms with Crippen LogP contribution >= 0.6 is 0 Å². The highest BCUT2D eigenvalue weighted by Gasteiger charge is 2.37. The standard InChI is InChI=1S/C26H23F5N6O2/c1-2-19(38)36-7-5-13(6-8-36)11-37-26-20(25(32)33-12-34-26)23(35-37)15-4-3-14(9-16(15)27)39-24-21(30)17(28)10-18(29)22(24)31/h2-4,9-10,12-13,21,24H,1,5-8,11H2,(H2,32,33,34). The smallest absolute Gasteiger partial charge is 0.245 e. The highest BCUT2D eigenvalue weighted by molar-refractivity contribution is 5.98. The number of hydrogen-bond donors (Lipinski definition) is 1. The maximum atomic E-state index is 15.3. The number of carbonyl (C=O) groups is 1. The van der Waals surface area contributed by atoms with Gasteiger partial charge in [-0.3, -0.25) is 4.79 Å². The predicted octanol–water partition coefficient (Wildman–Crippen LogP) is 4.74. The fraction of sp³-hybridized carbons (Fsp3) is 0.308. The maximum absolute atomic E-state index is 15.3. The Morgan fingerprint density at radius 1 is 1.18 bits per heavy atom. The van der Waals surface area contributed by atoms with E-state index in [1.165, 1.54) is 24.5 Å². The molecule has 2 aliphatic rings. The second kappa shape index (κ2) is 10.5. The van der Waals surface area contributed by atoms with Crippen molar-refractivity contribution in [1.29, 1.82) is 0 Å². The molecule has 2 aromatic heterocycles. The van der Waals surface area contributed by atoms with Crippen LogP contribution in [0.2, 0.25) is 0 Å². The van der Waals surface area contributed by atoms with Crippen LogP contribution in [-0.4, -0.2) is 55.9 Å². The quantitative estimate of drug-likeness (QED) is 0.354. The molecule has 1 aliphatic carbocycles. The van der Waals surface area contributed by atoms with E-state index in [1.807, 2.05) is 0 Å². The number of likely N-dealkylation sites (tertiary alicyclic amines) is 1. The second-order valence-corrected chi connectivity index (χ2v) is 9.27. The van der Waals surface area contributed by atoms with E-state index >= 15 is 4.39 Å². The molecule has 1 saturated heterocycles. The summed E-state index contributed by atoms with van der Waals surface area (Å²) in [7, 11) is 0. The SMILES string of the molecule is C=CC(=O)N1CCC(Cn2nc(-c3ccc(OC4C(F)=C(F)C=C(F)C4F)cc3F)c3c(N)ncnc32)CC1. The number of nitrogen functional groups attached to an aromatic ring is 1. The summed E-state index contributed by atoms with van der Waals surface area (Å²) in [4.78, 5) is 21.9. The monoisotopic (exact) mass is 546 g/mol. The average Bonchev–Trinajstić information content (AvgIpc) is 3.29. The number of benzene rings is 1. The Morgan fingerprint density at radius 2 is 1.92 bits per heavy atom. The molecule has 204 valence electrons. The van der Waals surface area contributed by atoms with Crippen molar-refractivity contribution >= 4 is 22.8 Å². The van der Waals surface area contributed by atoms with Crippen molar-refractivity contribution in [2.24, 2.45) is 5.92 Å². The Balaban J connectivity index is 1.42. The molecule has 13 heteroatoms. The van der Waals surface area contributed by atoms with Gasteiger partial charge >= 0.3 is 0 Å². The molecule has 2 N–H and O–H groups in total. The molecule has 0 saturated carbocycles. The molecular weight excluding hydrogens is 523 g/mol. The molecule has 1 fully saturated rings. The lowest BCUT2D eigenvalue weighted by atomic mass is 9.97. The average molecular weight is 546 g/mol. The Morgan fingerprint density at radius 3 is 2.62 bits per heavy atom. The van der Waals surface area contributed by atoms with E-state index < -0.39 is 35.6 Å². The van der Waals surface area contributed by atoms with E-state index in [1.54, 1.807) is 9.58 Å². The number of nitrogens with zero attached hydrogens (tertiary/aromatic N) is 5. The number of carbonyl (C=O) groups excluding carboxylic acids is 1. The maximum Gasteiger partial charge on any atom is 0.245 e. The van der Waals surface area contributed by atoms with Gasteiger partial charge in [0.1, 0.15) is 35.2 Å². The lowest BCUT2D eigenvalue weighted by molar-refractivity contribution is -0.127. The zero-order valence-corrected chi connectivity index (χ0v) is 20.5. The molecule has 0 radical (unpaired) electrons. The first-order valence-electron chi connectivity index (χ1n) is 12.1. The first-order chi connectivity index (χ1) is 18.7. The molecule has 1 aromatic carbocycles. The third-order valence-electron chi connectivity index (χ3n) is 6.82. The highest BCUT2D eigenvalue weighted by atomic mass is 19.2. The lowest BCUT2D eigenvalue weighted by Gasteiger charge is -2.31. The lowest BCUT2D eigenvalue weighted by Crippen LogP contribution is -2.38. The number of halogens is 5. The predicted molar refractivity (Wildman–Crippen MR) is 132 cm³/mol. The van der Waals surface area contributed by atoms with Crippen molar-refractivity contribution in [2.45, 2.75) is 31.7 Å². The molecule has 2 unspecified atom stereocenters. The van der Waals surface area contributed by atoms with Crippen LogP contribution in [0.1, 0.15) is 12.8 Å². The van der Waals surface area contributed by atoms with Gasteiger partial charge in [-0.1, -0.05) is 6.58 Å². The number of alkyl halides is 1. The van der Waals surface area contributed by atoms with Crippen LogP contribution < -0.4 is 10.5 Å². The van der Waals surface area contributed by atoms with E-state index in [-0.39, 0.29) is 40.7 Å². The Labute approximate surface area is 219 Å². The van der Waals surface area contributed by atoms with Gasteiger partial charge in [-0.05, 0) is 37.0 Å². The summed E-state index contributed by atoms with van der Waals surface area (Å²) in [5, 5.41) is 4.87. The van der Waals surface area contributed by atoms with Gasteiger partial charge in [0.2, 0.25) is 5.91 Å². The summed E-state index contributed by atoms with van der Waals surface area (Å²) < 4.78 is 77.3. The molecule has 2 atom stereocenters. The molecule has 1 aliphatic heterocycles. The van der Waals surface area contributed by atoms with Gasteiger partial charge in [-0.25, -0.2) is 36.6 Å². The minimum Gasteiger partial charge on any atom is -0.480 e. The summed E-state index contributed by atoms with van der Waals surface area (Å²) in [6.07, 6.45) is -0.746. The molecule has 39 heavy (non-hydrogen) atoms. The number of rotatable bonds is 6. The van der Waals surface area contributed by atoms with Crippen molar-refractivity contribution in [3.63, 3.8) is 0 Å². The third-order valence-corrected chi connectivity index (χ3v) is 6.82. The molecule has 0 bridgehead atoms. The van der Waals surface area contributed by atoms with Crippen molar-refractivity contribution in [2.75, 3.05) is 18.8 Å². The molecule has 8 nitrogen and oxygen atoms in total. The summed E-state index contributed by atoms with van der Waals surface area (Å²) in [6, 6.07) is 3.28. The van der Waals surface area contributed by atoms with Gasteiger partial charge in [0.15, 0.2) is 29.6 Å². The summed E-state index contributed by atoms with van der Waals surface area (Å²) >= 11 is 0. The van der Waals surface area contributed by atoms with Gasteiger partial charge < -0.3 is 15.4 Å². The first kappa shape index (κ1) is 26.3. The van der Waals surface area contributed by atoms with E-state index in [4.69, 9.17) is 10.5 Å². The Kier molecular flexibility index (Phi) is 7.06. The first-order valence-corrected chi connectivity index (χ1v) is 12.1. The number of fused-ring (bicyclic) bond motifs is 1. The van der Waals surface area contributed by atoms with Crippen LogP contribution in [0, 0.1) is 11.7 Å². The van der Waals surface area contributed by atoms with Crippen LogP contribution in [0.4, 0.5) is 27.8 Å². The number of hydrogen-bond acceptors (Lipinski definition) is 6. The normalized spacial score (nSPS) is 20.3. The van der Waals surface area contributed by atoms with Crippen molar-refractivity contribution in [3.8, 4) is 17.0 Å². The molecule has 0 spiro atoms. The number of anilines is 1. The highest BCUT2D eigenvalue weighted by Crippen LogP contribution is 2.36. The van der Waals surface area contributed by atoms with Crippen molar-refractivity contribution in [1.82, 2.24) is 24.6 Å². The topological polar surface area (TPSA) is 99.2 Å². The van der Waals surface area contributed by atoms with Gasteiger partial charge in [-0.15, -0.1) is 0 Å². The summed E-state index contributed by atoms with van der Waals surface area (Å²) in [6.45, 7) is 5.07. The van der Waals surface area contributed by atoms with Crippen LogP contribution in [-0.2, 0) is 11.3 Å². The van der Waals surface area contributed by atoms with Crippen LogP contribution in [0.25, 0.3) is 22.3 Å². The number of nitrogens with two attached hydrogens (primary N) is 1. The van der Waals surface area contributed by atoms with Crippen LogP contribution in [0.15, 0.2) is 60.7 Å². The van der Waals surface area contributed by atoms with E-state index in [2.05, 4.69) is 21.6 Å². The number of aromatic nitrogens is 4. The van der Waals surface area contributed by atoms with Gasteiger partial charge in [0.05, 0.1) is 5.39 Å². The number of amides is 1. The molecule has 1 amide bonds. The fourth-order valence-corrected chi connectivity index (χ4v) is 4.75. The van der Waals surface area contributed by atoms with E-state index in [0.717, 1.165) is 18.9 Å². The van der Waals surface area contributed by atoms with Crippen molar-refractivity contribution < 1.29 is 31.5 Å². The van der Waals surface area contributed by atoms with Gasteiger partial charge in [0, 0.05) is 37.3 Å². The number of allylic oxidation sites excluding steroid dienone is 2. The fourth-order valence-electron chi connectivity index (χ4n) is 4.75. The summed E-state index contributed by atoms with van der Waals surface area (Å²) in [5.74, 6) is -5.91. The number of ether oxygens (including phenoxy) is 1. The third kappa shape index (κ3) is 4.95. The van der Waals surface area contributed by atoms with Crippen molar-refractivity contribution in [3.05, 3.63) is 66.6 Å². The second-order valence-electron chi connectivity index (χ2n) is 9.27. The molecular formula is C26H23F5N6O2. The minimum atomic E-state index is -2.59. The Hall–Kier alpha value is -4.29. The summed E-state index contributed by atoms with van der Waals surface area (Å²) in [5.41, 5.74) is 6.60. The molecule has 5 rings (SSSR count). The molecule has 3 heterocycles. The van der Waals surface area contributed by atoms with Gasteiger partial charge in [0.25, 0.3) is 0 Å². The van der Waals surface area contributed by atoms with Gasteiger partial charge in [-0.2, -0.15) is 5.10 Å². The minimum absolute atomic E-state index is 0.0206. The largest absolute Gasteiger partial charge is 0.480 e. The van der Waals surface area contributed by atoms with E-state index in [0.29, 0.717) is 30.7 Å². The zero-order chi connectivity index (χ0) is 27.8. The Bertz CT molecular complexity index is 1510. The molecule has 3 aromatic rings. The van der Waals surface area contributed by atoms with Crippen LogP contribution in [0.5, 0.6) is 5.75 Å². The number of piperidine rings is 1. The van der Waals surface area contributed by atoms with Crippen LogP contribution in [0.3, 0.4) is 0 Å². The van der Waals surface area contributed by atoms with E-state index in [9.17, 15) is 22.4 Å².